The third kappa shape index (κ3) is 4.46. The lowest BCUT2D eigenvalue weighted by molar-refractivity contribution is -0.128. The Morgan fingerprint density at radius 2 is 2.23 bits per heavy atom. The molecule has 0 aliphatic carbocycles. The van der Waals surface area contributed by atoms with Crippen LogP contribution in [0.25, 0.3) is 21.9 Å². The van der Waals surface area contributed by atoms with E-state index in [2.05, 4.69) is 45.4 Å². The van der Waals surface area contributed by atoms with Crippen molar-refractivity contribution in [1.29, 1.82) is 5.26 Å². The number of carbonyl (C=O) groups is 1. The molecule has 2 aliphatic rings. The number of halogens is 1. The van der Waals surface area contributed by atoms with Gasteiger partial charge in [0, 0.05) is 35.5 Å². The second-order valence-corrected chi connectivity index (χ2v) is 9.89. The van der Waals surface area contributed by atoms with E-state index in [-0.39, 0.29) is 18.4 Å². The van der Waals surface area contributed by atoms with Gasteiger partial charge in [-0.3, -0.25) is 4.79 Å². The summed E-state index contributed by atoms with van der Waals surface area (Å²) in [6, 6.07) is 6.45. The number of carbonyl (C=O) groups excluding carboxylic acids is 1. The molecule has 5 rings (SSSR count). The van der Waals surface area contributed by atoms with Gasteiger partial charge >= 0.3 is 6.01 Å². The van der Waals surface area contributed by atoms with Gasteiger partial charge in [-0.05, 0) is 60.6 Å². The minimum absolute atomic E-state index is 0.167. The van der Waals surface area contributed by atoms with Crippen LogP contribution in [0.2, 0.25) is 0 Å². The van der Waals surface area contributed by atoms with E-state index in [0.29, 0.717) is 55.2 Å². The van der Waals surface area contributed by atoms with Gasteiger partial charge in [0.25, 0.3) is 0 Å². The first-order valence-corrected chi connectivity index (χ1v) is 12.5. The van der Waals surface area contributed by atoms with Gasteiger partial charge in [-0.2, -0.15) is 15.2 Å². The number of hydrogen-bond acceptors (Lipinski definition) is 8. The van der Waals surface area contributed by atoms with E-state index < -0.39 is 0 Å². The third-order valence-electron chi connectivity index (χ3n) is 6.95. The van der Waals surface area contributed by atoms with Crippen molar-refractivity contribution in [3.8, 4) is 12.1 Å². The first-order valence-electron chi connectivity index (χ1n) is 11.8. The highest BCUT2D eigenvalue weighted by molar-refractivity contribution is 9.10. The number of aromatic nitrogens is 2. The van der Waals surface area contributed by atoms with E-state index in [9.17, 15) is 10.1 Å². The molecule has 0 spiro atoms. The summed E-state index contributed by atoms with van der Waals surface area (Å²) in [7, 11) is 2.11. The van der Waals surface area contributed by atoms with Crippen LogP contribution < -0.4 is 9.64 Å². The molecule has 2 saturated heterocycles. The van der Waals surface area contributed by atoms with Crippen molar-refractivity contribution in [2.75, 3.05) is 44.7 Å². The Morgan fingerprint density at radius 1 is 1.37 bits per heavy atom. The Balaban J connectivity index is 1.55. The third-order valence-corrected chi connectivity index (χ3v) is 7.61. The SMILES string of the molecule is C=CC(=O)N1CCN(c2nc(OC[C@@H]3CCCN3C)nc3cc(Br)c4ccoc4c23)C[C@@H]1CC#N. The second kappa shape index (κ2) is 9.84. The van der Waals surface area contributed by atoms with Crippen LogP contribution in [-0.4, -0.2) is 77.6 Å². The predicted molar refractivity (Wildman–Crippen MR) is 136 cm³/mol. The molecule has 2 atom stereocenters. The molecule has 182 valence electrons. The lowest BCUT2D eigenvalue weighted by Gasteiger charge is -2.41. The van der Waals surface area contributed by atoms with E-state index in [4.69, 9.17) is 19.1 Å². The molecule has 0 radical (unpaired) electrons. The second-order valence-electron chi connectivity index (χ2n) is 9.03. The molecular formula is C25H27BrN6O3. The van der Waals surface area contributed by atoms with Gasteiger partial charge in [-0.1, -0.05) is 6.58 Å². The number of ether oxygens (including phenoxy) is 1. The van der Waals surface area contributed by atoms with E-state index in [1.54, 1.807) is 11.2 Å². The first kappa shape index (κ1) is 23.6. The summed E-state index contributed by atoms with van der Waals surface area (Å²) in [4.78, 5) is 28.1. The highest BCUT2D eigenvalue weighted by Crippen LogP contribution is 2.38. The number of likely N-dealkylation sites (N-methyl/N-ethyl adjacent to an activating group) is 1. The molecule has 1 aromatic carbocycles. The normalized spacial score (nSPS) is 20.9. The molecule has 10 heteroatoms. The van der Waals surface area contributed by atoms with Crippen LogP contribution in [0.5, 0.6) is 6.01 Å². The van der Waals surface area contributed by atoms with Crippen LogP contribution in [0.1, 0.15) is 19.3 Å². The molecular weight excluding hydrogens is 512 g/mol. The summed E-state index contributed by atoms with van der Waals surface area (Å²) in [6.07, 6.45) is 5.42. The van der Waals surface area contributed by atoms with Crippen LogP contribution in [-0.2, 0) is 4.79 Å². The summed E-state index contributed by atoms with van der Waals surface area (Å²) in [5.74, 6) is 0.519. The summed E-state index contributed by atoms with van der Waals surface area (Å²) < 4.78 is 12.9. The number of likely N-dealkylation sites (tertiary alicyclic amines) is 1. The fourth-order valence-corrected chi connectivity index (χ4v) is 5.57. The minimum atomic E-state index is -0.275. The van der Waals surface area contributed by atoms with Gasteiger partial charge in [-0.25, -0.2) is 0 Å². The Morgan fingerprint density at radius 3 is 2.97 bits per heavy atom. The van der Waals surface area contributed by atoms with E-state index in [1.807, 2.05) is 12.1 Å². The molecule has 0 bridgehead atoms. The van der Waals surface area contributed by atoms with Crippen molar-refractivity contribution >= 4 is 49.5 Å². The average Bonchev–Trinajstić information content (AvgIpc) is 3.51. The van der Waals surface area contributed by atoms with Gasteiger partial charge in [0.15, 0.2) is 0 Å². The fourth-order valence-electron chi connectivity index (χ4n) is 5.05. The largest absolute Gasteiger partial charge is 0.463 e. The van der Waals surface area contributed by atoms with Crippen molar-refractivity contribution in [3.63, 3.8) is 0 Å². The zero-order valence-electron chi connectivity index (χ0n) is 19.6. The molecule has 3 aromatic rings. The van der Waals surface area contributed by atoms with Gasteiger partial charge in [0.05, 0.1) is 35.7 Å². The van der Waals surface area contributed by atoms with Crippen molar-refractivity contribution in [1.82, 2.24) is 19.8 Å². The number of furan rings is 1. The monoisotopic (exact) mass is 538 g/mol. The summed E-state index contributed by atoms with van der Waals surface area (Å²) >= 11 is 3.63. The molecule has 4 heterocycles. The number of hydrogen-bond donors (Lipinski definition) is 0. The maximum absolute atomic E-state index is 12.4. The van der Waals surface area contributed by atoms with E-state index >= 15 is 0 Å². The van der Waals surface area contributed by atoms with Crippen LogP contribution in [0.15, 0.2) is 39.9 Å². The Labute approximate surface area is 212 Å². The summed E-state index contributed by atoms with van der Waals surface area (Å²) in [5.41, 5.74) is 1.40. The van der Waals surface area contributed by atoms with Gasteiger partial charge < -0.3 is 23.9 Å². The molecule has 1 amide bonds. The highest BCUT2D eigenvalue weighted by Gasteiger charge is 2.32. The van der Waals surface area contributed by atoms with Crippen LogP contribution in [0.3, 0.4) is 0 Å². The average molecular weight is 539 g/mol. The van der Waals surface area contributed by atoms with Crippen molar-refractivity contribution in [2.24, 2.45) is 0 Å². The topological polar surface area (TPSA) is 98.7 Å². The molecule has 9 nitrogen and oxygen atoms in total. The maximum atomic E-state index is 12.4. The summed E-state index contributed by atoms with van der Waals surface area (Å²) in [6.45, 7) is 6.67. The predicted octanol–water partition coefficient (Wildman–Crippen LogP) is 3.73. The highest BCUT2D eigenvalue weighted by atomic mass is 79.9. The van der Waals surface area contributed by atoms with Crippen LogP contribution in [0, 0.1) is 11.3 Å². The number of fused-ring (bicyclic) bond motifs is 3. The molecule has 2 fully saturated rings. The number of benzene rings is 1. The molecule has 0 N–H and O–H groups in total. The number of piperazine rings is 1. The smallest absolute Gasteiger partial charge is 0.319 e. The Bertz CT molecular complexity index is 1320. The molecule has 0 unspecified atom stereocenters. The van der Waals surface area contributed by atoms with Crippen molar-refractivity contribution in [2.45, 2.75) is 31.3 Å². The number of rotatable bonds is 6. The number of nitrogens with zero attached hydrogens (tertiary/aromatic N) is 6. The lowest BCUT2D eigenvalue weighted by Crippen LogP contribution is -2.55. The minimum Gasteiger partial charge on any atom is -0.463 e. The van der Waals surface area contributed by atoms with Gasteiger partial charge in [-0.15, -0.1) is 0 Å². The van der Waals surface area contributed by atoms with Crippen LogP contribution >= 0.6 is 15.9 Å². The van der Waals surface area contributed by atoms with Crippen molar-refractivity contribution in [3.05, 3.63) is 35.5 Å². The number of nitriles is 1. The zero-order valence-corrected chi connectivity index (χ0v) is 21.2. The van der Waals surface area contributed by atoms with E-state index in [0.717, 1.165) is 34.6 Å². The quantitative estimate of drug-likeness (QED) is 0.437. The van der Waals surface area contributed by atoms with E-state index in [1.165, 1.54) is 6.08 Å². The first-order chi connectivity index (χ1) is 17.0. The number of anilines is 1. The lowest BCUT2D eigenvalue weighted by atomic mass is 10.1. The maximum Gasteiger partial charge on any atom is 0.319 e. The Kier molecular flexibility index (Phi) is 6.62. The van der Waals surface area contributed by atoms with Gasteiger partial charge in [0.2, 0.25) is 5.91 Å². The molecule has 0 saturated carbocycles. The van der Waals surface area contributed by atoms with Gasteiger partial charge in [0.1, 0.15) is 18.0 Å². The van der Waals surface area contributed by atoms with Crippen LogP contribution in [0.4, 0.5) is 5.82 Å². The molecule has 35 heavy (non-hydrogen) atoms. The van der Waals surface area contributed by atoms with Crippen molar-refractivity contribution < 1.29 is 13.9 Å². The Hall–Kier alpha value is -3.16. The fraction of sp³-hybridized carbons (Fsp3) is 0.440. The number of amides is 1. The molecule has 2 aliphatic heterocycles. The standard InChI is InChI=1S/C25H27BrN6O3/c1-3-21(33)32-11-10-31(14-16(32)6-8-27)24-22-20(13-19(26)18-7-12-34-23(18)22)28-25(29-24)35-15-17-5-4-9-30(17)2/h3,7,12-13,16-17H,1,4-6,9-11,14-15H2,2H3/t16-,17-/m0/s1. The molecule has 2 aromatic heterocycles. The summed E-state index contributed by atoms with van der Waals surface area (Å²) in [5, 5.41) is 11.1. The zero-order chi connectivity index (χ0) is 24.5.